The number of rotatable bonds is 5. The maximum atomic E-state index is 11.3. The molecule has 1 aromatic heterocycles. The van der Waals surface area contributed by atoms with Crippen LogP contribution in [0.5, 0.6) is 0 Å². The predicted octanol–water partition coefficient (Wildman–Crippen LogP) is 1.97. The molecule has 6 nitrogen and oxygen atoms in total. The minimum absolute atomic E-state index is 0.225. The maximum Gasteiger partial charge on any atom is 0.273 e. The summed E-state index contributed by atoms with van der Waals surface area (Å²) in [5, 5.41) is 7.17. The van der Waals surface area contributed by atoms with Gasteiger partial charge in [-0.05, 0) is 44.0 Å². The number of benzene rings is 1. The Morgan fingerprint density at radius 2 is 1.96 bits per heavy atom. The fraction of sp³-hybridized carbons (Fsp3) is 0.190. The standard InChI is InChI=1S/C21H23N5OS/c1-13-5-4-6-14(2)19(13)24-21-20(16-8-7-15(3)28-16)23-18-12-25(11-17(22)27)9-10-26(18)21/h4-10,12,23-24H,11H2,1-3H3,(H2,22,27)/p+1. The first kappa shape index (κ1) is 18.3. The summed E-state index contributed by atoms with van der Waals surface area (Å²) in [5.41, 5.74) is 9.87. The molecule has 28 heavy (non-hydrogen) atoms. The summed E-state index contributed by atoms with van der Waals surface area (Å²) in [7, 11) is 0. The third kappa shape index (κ3) is 3.42. The van der Waals surface area contributed by atoms with Crippen molar-refractivity contribution in [2.45, 2.75) is 20.8 Å². The summed E-state index contributed by atoms with van der Waals surface area (Å²) < 4.78 is 0. The van der Waals surface area contributed by atoms with Crippen molar-refractivity contribution >= 4 is 28.6 Å². The van der Waals surface area contributed by atoms with E-state index in [-0.39, 0.29) is 12.5 Å². The molecule has 0 saturated heterocycles. The first-order valence-electron chi connectivity index (χ1n) is 9.17. The molecule has 2 aliphatic heterocycles. The Balaban J connectivity index is 1.75. The summed E-state index contributed by atoms with van der Waals surface area (Å²) in [6.45, 7) is 6.54. The average molecular weight is 395 g/mol. The minimum atomic E-state index is -0.334. The van der Waals surface area contributed by atoms with Crippen LogP contribution in [0.3, 0.4) is 0 Å². The smallest absolute Gasteiger partial charge is 0.273 e. The lowest BCUT2D eigenvalue weighted by Gasteiger charge is -2.24. The first-order chi connectivity index (χ1) is 13.4. The number of hydrogen-bond donors (Lipinski definition) is 4. The van der Waals surface area contributed by atoms with E-state index in [9.17, 15) is 4.79 Å². The Morgan fingerprint density at radius 1 is 1.21 bits per heavy atom. The predicted molar refractivity (Wildman–Crippen MR) is 113 cm³/mol. The van der Waals surface area contributed by atoms with Gasteiger partial charge in [0.05, 0.1) is 16.8 Å². The molecular formula is C21H24N5OS+. The van der Waals surface area contributed by atoms with E-state index in [4.69, 9.17) is 5.73 Å². The molecule has 4 rings (SSSR count). The van der Waals surface area contributed by atoms with Gasteiger partial charge in [-0.1, -0.05) is 18.2 Å². The largest absolute Gasteiger partial charge is 0.365 e. The number of nitrogens with one attached hydrogen (secondary N) is 3. The SMILES string of the molecule is Cc1ccc(C2=C(Nc3c(C)cccc3C)N3C=C[NH+](CC(N)=O)C=C3N2)s1. The van der Waals surface area contributed by atoms with Crippen LogP contribution in [0.25, 0.3) is 5.70 Å². The third-order valence-electron chi connectivity index (χ3n) is 4.84. The number of thiophene rings is 1. The van der Waals surface area contributed by atoms with Crippen molar-refractivity contribution in [1.29, 1.82) is 0 Å². The lowest BCUT2D eigenvalue weighted by molar-refractivity contribution is -0.783. The first-order valence-corrected chi connectivity index (χ1v) is 9.98. The number of quaternary nitrogens is 1. The maximum absolute atomic E-state index is 11.3. The van der Waals surface area contributed by atoms with Crippen molar-refractivity contribution in [2.75, 3.05) is 11.9 Å². The number of amides is 1. The van der Waals surface area contributed by atoms with E-state index in [1.54, 1.807) is 11.3 Å². The highest BCUT2D eigenvalue weighted by molar-refractivity contribution is 7.13. The van der Waals surface area contributed by atoms with Crippen LogP contribution in [0, 0.1) is 20.8 Å². The van der Waals surface area contributed by atoms with Gasteiger partial charge in [0.25, 0.3) is 5.91 Å². The van der Waals surface area contributed by atoms with Crippen molar-refractivity contribution in [3.05, 3.63) is 81.5 Å². The zero-order chi connectivity index (χ0) is 19.8. The van der Waals surface area contributed by atoms with Gasteiger partial charge < -0.3 is 16.4 Å². The Labute approximate surface area is 168 Å². The molecule has 0 aliphatic carbocycles. The Kier molecular flexibility index (Phi) is 4.70. The van der Waals surface area contributed by atoms with E-state index in [1.165, 1.54) is 16.0 Å². The summed E-state index contributed by atoms with van der Waals surface area (Å²) >= 11 is 1.75. The Bertz CT molecular complexity index is 1010. The molecule has 0 radical (unpaired) electrons. The molecule has 0 fully saturated rings. The van der Waals surface area contributed by atoms with Crippen molar-refractivity contribution in [2.24, 2.45) is 5.73 Å². The molecule has 144 valence electrons. The summed E-state index contributed by atoms with van der Waals surface area (Å²) in [4.78, 5) is 16.7. The van der Waals surface area contributed by atoms with Crippen molar-refractivity contribution in [1.82, 2.24) is 10.2 Å². The lowest BCUT2D eigenvalue weighted by Crippen LogP contribution is -3.05. The molecule has 2 aromatic rings. The number of primary amides is 1. The number of nitrogens with two attached hydrogens (primary N) is 1. The highest BCUT2D eigenvalue weighted by Gasteiger charge is 2.32. The monoisotopic (exact) mass is 394 g/mol. The number of aryl methyl sites for hydroxylation is 3. The third-order valence-corrected chi connectivity index (χ3v) is 5.86. The van der Waals surface area contributed by atoms with Gasteiger partial charge in [0, 0.05) is 10.6 Å². The van der Waals surface area contributed by atoms with Crippen LogP contribution in [-0.4, -0.2) is 17.4 Å². The van der Waals surface area contributed by atoms with E-state index in [1.807, 2.05) is 18.6 Å². The summed E-state index contributed by atoms with van der Waals surface area (Å²) in [6, 6.07) is 10.5. The Hall–Kier alpha value is -3.03. The fourth-order valence-electron chi connectivity index (χ4n) is 3.45. The number of carbonyl (C=O) groups is 1. The highest BCUT2D eigenvalue weighted by atomic mass is 32.1. The van der Waals surface area contributed by atoms with E-state index in [2.05, 4.69) is 66.6 Å². The molecule has 1 amide bonds. The minimum Gasteiger partial charge on any atom is -0.365 e. The summed E-state index contributed by atoms with van der Waals surface area (Å²) in [6.07, 6.45) is 5.89. The molecule has 7 heteroatoms. The van der Waals surface area contributed by atoms with Crippen molar-refractivity contribution in [3.8, 4) is 0 Å². The second kappa shape index (κ2) is 7.18. The molecule has 0 spiro atoms. The molecule has 1 unspecified atom stereocenters. The molecule has 3 heterocycles. The Morgan fingerprint density at radius 3 is 2.61 bits per heavy atom. The second-order valence-corrected chi connectivity index (χ2v) is 8.37. The topological polar surface area (TPSA) is 74.8 Å². The van der Waals surface area contributed by atoms with E-state index in [0.717, 1.165) is 32.8 Å². The van der Waals surface area contributed by atoms with Crippen LogP contribution >= 0.6 is 11.3 Å². The molecule has 1 aromatic carbocycles. The van der Waals surface area contributed by atoms with Gasteiger partial charge >= 0.3 is 0 Å². The second-order valence-electron chi connectivity index (χ2n) is 7.08. The van der Waals surface area contributed by atoms with E-state index in [0.29, 0.717) is 0 Å². The quantitative estimate of drug-likeness (QED) is 0.626. The van der Waals surface area contributed by atoms with Crippen LogP contribution in [0.4, 0.5) is 5.69 Å². The van der Waals surface area contributed by atoms with Crippen molar-refractivity contribution < 1.29 is 9.69 Å². The number of anilines is 1. The normalized spacial score (nSPS) is 18.0. The van der Waals surface area contributed by atoms with E-state index >= 15 is 0 Å². The molecule has 0 saturated carbocycles. The number of carbonyl (C=O) groups excluding carboxylic acids is 1. The van der Waals surface area contributed by atoms with Gasteiger partial charge in [-0.2, -0.15) is 0 Å². The van der Waals surface area contributed by atoms with Gasteiger partial charge in [0.2, 0.25) is 0 Å². The summed E-state index contributed by atoms with van der Waals surface area (Å²) in [5.74, 6) is 1.55. The molecule has 5 N–H and O–H groups in total. The lowest BCUT2D eigenvalue weighted by atomic mass is 10.1. The number of para-hydroxylation sites is 1. The van der Waals surface area contributed by atoms with Gasteiger partial charge in [-0.3, -0.25) is 14.6 Å². The van der Waals surface area contributed by atoms with Gasteiger partial charge in [0.15, 0.2) is 12.4 Å². The average Bonchev–Trinajstić information content (AvgIpc) is 3.21. The zero-order valence-corrected chi connectivity index (χ0v) is 17.0. The molecule has 2 aliphatic rings. The number of hydrogen-bond acceptors (Lipinski definition) is 5. The van der Waals surface area contributed by atoms with E-state index < -0.39 is 0 Å². The fourth-order valence-corrected chi connectivity index (χ4v) is 4.32. The number of nitrogens with zero attached hydrogens (tertiary/aromatic N) is 1. The van der Waals surface area contributed by atoms with Crippen LogP contribution in [0.2, 0.25) is 0 Å². The van der Waals surface area contributed by atoms with Gasteiger partial charge in [-0.15, -0.1) is 11.3 Å². The molecule has 0 bridgehead atoms. The van der Waals surface area contributed by atoms with Crippen LogP contribution < -0.4 is 21.3 Å². The molecular weight excluding hydrogens is 370 g/mol. The zero-order valence-electron chi connectivity index (χ0n) is 16.2. The number of fused-ring (bicyclic) bond motifs is 1. The molecule has 1 atom stereocenters. The van der Waals surface area contributed by atoms with Crippen LogP contribution in [-0.2, 0) is 4.79 Å². The van der Waals surface area contributed by atoms with Gasteiger partial charge in [-0.25, -0.2) is 0 Å². The van der Waals surface area contributed by atoms with Crippen molar-refractivity contribution in [3.63, 3.8) is 0 Å². The van der Waals surface area contributed by atoms with Gasteiger partial charge in [0.1, 0.15) is 18.2 Å². The van der Waals surface area contributed by atoms with Crippen LogP contribution in [0.15, 0.2) is 60.6 Å². The van der Waals surface area contributed by atoms with Crippen LogP contribution in [0.1, 0.15) is 20.9 Å². The highest BCUT2D eigenvalue weighted by Crippen LogP contribution is 2.35.